The summed E-state index contributed by atoms with van der Waals surface area (Å²) in [4.78, 5) is 28.7. The number of hydrogen-bond donors (Lipinski definition) is 2. The number of phenols is 1. The summed E-state index contributed by atoms with van der Waals surface area (Å²) >= 11 is 3.50. The minimum absolute atomic E-state index is 0.0291. The SMILES string of the molecule is COc1ccc(N2C(=O)CCC(C(=O)NCCc3cc(O)c(OC)cc3Br)C2c2ccc(OC)c(OC)c2)cc1. The molecule has 0 radical (unpaired) electrons. The van der Waals surface area contributed by atoms with Crippen LogP contribution < -0.4 is 29.2 Å². The number of rotatable bonds is 10. The predicted octanol–water partition coefficient (Wildman–Crippen LogP) is 5.03. The van der Waals surface area contributed by atoms with Gasteiger partial charge in [-0.2, -0.15) is 0 Å². The van der Waals surface area contributed by atoms with Crippen molar-refractivity contribution in [2.45, 2.75) is 25.3 Å². The molecule has 0 aliphatic carbocycles. The molecule has 0 spiro atoms. The zero-order valence-electron chi connectivity index (χ0n) is 22.9. The van der Waals surface area contributed by atoms with Gasteiger partial charge >= 0.3 is 0 Å². The quantitative estimate of drug-likeness (QED) is 0.330. The largest absolute Gasteiger partial charge is 0.504 e. The standard InChI is InChI=1S/C30H33BrN2O7/c1-37-21-8-6-20(7-9-21)33-28(35)12-10-22(29(33)19-5-11-25(38-2)27(16-19)40-4)30(36)32-14-13-18-15-24(34)26(39-3)17-23(18)31/h5-9,11,15-17,22,29,34H,10,12-14H2,1-4H3,(H,32,36). The third-order valence-corrected chi connectivity index (χ3v) is 7.81. The molecule has 2 unspecified atom stereocenters. The van der Waals surface area contributed by atoms with E-state index in [0.717, 1.165) is 15.6 Å². The van der Waals surface area contributed by atoms with Crippen LogP contribution in [-0.2, 0) is 16.0 Å². The number of amides is 2. The molecule has 1 aliphatic rings. The number of ether oxygens (including phenoxy) is 4. The molecule has 2 amide bonds. The molecule has 3 aromatic rings. The second-order valence-electron chi connectivity index (χ2n) is 9.32. The highest BCUT2D eigenvalue weighted by Crippen LogP contribution is 2.43. The fraction of sp³-hybridized carbons (Fsp3) is 0.333. The molecule has 4 rings (SSSR count). The van der Waals surface area contributed by atoms with E-state index < -0.39 is 12.0 Å². The zero-order valence-corrected chi connectivity index (χ0v) is 24.5. The molecule has 9 nitrogen and oxygen atoms in total. The van der Waals surface area contributed by atoms with E-state index in [4.69, 9.17) is 18.9 Å². The Bertz CT molecular complexity index is 1360. The highest BCUT2D eigenvalue weighted by molar-refractivity contribution is 9.10. The summed E-state index contributed by atoms with van der Waals surface area (Å²) < 4.78 is 22.2. The van der Waals surface area contributed by atoms with E-state index in [-0.39, 0.29) is 24.0 Å². The van der Waals surface area contributed by atoms with Crippen molar-refractivity contribution in [3.8, 4) is 28.7 Å². The Hall–Kier alpha value is -3.92. The van der Waals surface area contributed by atoms with E-state index in [0.29, 0.717) is 48.1 Å². The summed E-state index contributed by atoms with van der Waals surface area (Å²) in [5.74, 6) is 1.36. The fourth-order valence-electron chi connectivity index (χ4n) is 5.03. The van der Waals surface area contributed by atoms with Crippen molar-refractivity contribution in [2.75, 3.05) is 39.9 Å². The molecule has 1 saturated heterocycles. The van der Waals surface area contributed by atoms with Gasteiger partial charge in [0.05, 0.1) is 40.4 Å². The molecule has 1 heterocycles. The number of benzene rings is 3. The number of phenolic OH excluding ortho intramolecular Hbond substituents is 1. The van der Waals surface area contributed by atoms with Gasteiger partial charge in [-0.1, -0.05) is 22.0 Å². The minimum Gasteiger partial charge on any atom is -0.504 e. The summed E-state index contributed by atoms with van der Waals surface area (Å²) in [6.07, 6.45) is 1.11. The van der Waals surface area contributed by atoms with Crippen LogP contribution in [0.25, 0.3) is 0 Å². The minimum atomic E-state index is -0.578. The Kier molecular flexibility index (Phi) is 9.42. The number of piperidine rings is 1. The van der Waals surface area contributed by atoms with Crippen molar-refractivity contribution < 1.29 is 33.6 Å². The second-order valence-corrected chi connectivity index (χ2v) is 10.2. The van der Waals surface area contributed by atoms with Crippen molar-refractivity contribution in [3.63, 3.8) is 0 Å². The molecular weight excluding hydrogens is 580 g/mol. The van der Waals surface area contributed by atoms with E-state index in [1.807, 2.05) is 24.3 Å². The number of anilines is 1. The molecule has 0 saturated carbocycles. The van der Waals surface area contributed by atoms with Gasteiger partial charge in [0.25, 0.3) is 0 Å². The van der Waals surface area contributed by atoms with Crippen LogP contribution in [-0.4, -0.2) is 51.9 Å². The Morgan fingerprint density at radius 3 is 2.30 bits per heavy atom. The topological polar surface area (TPSA) is 107 Å². The molecule has 0 aromatic heterocycles. The first-order valence-corrected chi connectivity index (χ1v) is 13.6. The molecule has 2 atom stereocenters. The van der Waals surface area contributed by atoms with Gasteiger partial charge in [0, 0.05) is 23.1 Å². The average Bonchev–Trinajstić information content (AvgIpc) is 2.98. The average molecular weight is 614 g/mol. The number of aromatic hydroxyl groups is 1. The van der Waals surface area contributed by atoms with Crippen molar-refractivity contribution >= 4 is 33.4 Å². The third kappa shape index (κ3) is 6.12. The molecule has 1 aliphatic heterocycles. The van der Waals surface area contributed by atoms with Crippen LogP contribution in [0.5, 0.6) is 28.7 Å². The monoisotopic (exact) mass is 612 g/mol. The molecule has 3 aromatic carbocycles. The van der Waals surface area contributed by atoms with Gasteiger partial charge in [0.1, 0.15) is 5.75 Å². The van der Waals surface area contributed by atoms with Crippen molar-refractivity contribution in [3.05, 3.63) is 70.2 Å². The number of nitrogens with one attached hydrogen (secondary N) is 1. The molecule has 2 N–H and O–H groups in total. The van der Waals surface area contributed by atoms with Gasteiger partial charge in [-0.25, -0.2) is 0 Å². The van der Waals surface area contributed by atoms with Crippen molar-refractivity contribution in [1.82, 2.24) is 5.32 Å². The molecule has 10 heteroatoms. The van der Waals surface area contributed by atoms with Crippen LogP contribution in [0, 0.1) is 5.92 Å². The van der Waals surface area contributed by atoms with Gasteiger partial charge in [0.2, 0.25) is 11.8 Å². The summed E-state index contributed by atoms with van der Waals surface area (Å²) in [6, 6.07) is 15.4. The summed E-state index contributed by atoms with van der Waals surface area (Å²) in [6.45, 7) is 0.342. The van der Waals surface area contributed by atoms with E-state index in [1.165, 1.54) is 7.11 Å². The predicted molar refractivity (Wildman–Crippen MR) is 155 cm³/mol. The third-order valence-electron chi connectivity index (χ3n) is 7.08. The van der Waals surface area contributed by atoms with Crippen molar-refractivity contribution in [2.24, 2.45) is 5.92 Å². The van der Waals surface area contributed by atoms with E-state index in [2.05, 4.69) is 21.2 Å². The first-order valence-electron chi connectivity index (χ1n) is 12.8. The number of carbonyl (C=O) groups excluding carboxylic acids is 2. The van der Waals surface area contributed by atoms with E-state index in [9.17, 15) is 14.7 Å². The van der Waals surface area contributed by atoms with Gasteiger partial charge < -0.3 is 34.3 Å². The normalized spacial score (nSPS) is 16.8. The Balaban J connectivity index is 1.63. The van der Waals surface area contributed by atoms with Gasteiger partial charge in [-0.05, 0) is 72.5 Å². The smallest absolute Gasteiger partial charge is 0.227 e. The number of nitrogens with zero attached hydrogens (tertiary/aromatic N) is 1. The highest BCUT2D eigenvalue weighted by atomic mass is 79.9. The molecule has 40 heavy (non-hydrogen) atoms. The number of carbonyl (C=O) groups is 2. The molecule has 0 bridgehead atoms. The lowest BCUT2D eigenvalue weighted by molar-refractivity contribution is -0.129. The van der Waals surface area contributed by atoms with Crippen molar-refractivity contribution in [1.29, 1.82) is 0 Å². The summed E-state index contributed by atoms with van der Waals surface area (Å²) in [5, 5.41) is 13.2. The van der Waals surface area contributed by atoms with Gasteiger partial charge in [-0.15, -0.1) is 0 Å². The zero-order chi connectivity index (χ0) is 28.8. The molecular formula is C30H33BrN2O7. The van der Waals surface area contributed by atoms with Gasteiger partial charge in [-0.3, -0.25) is 9.59 Å². The first kappa shape index (κ1) is 29.1. The summed E-state index contributed by atoms with van der Waals surface area (Å²) in [7, 11) is 6.18. The lowest BCUT2D eigenvalue weighted by Gasteiger charge is -2.41. The Morgan fingerprint density at radius 1 is 0.950 bits per heavy atom. The first-order chi connectivity index (χ1) is 19.3. The van der Waals surface area contributed by atoms with E-state index >= 15 is 0 Å². The number of methoxy groups -OCH3 is 4. The highest BCUT2D eigenvalue weighted by Gasteiger charge is 2.41. The van der Waals surface area contributed by atoms with Crippen LogP contribution in [0.3, 0.4) is 0 Å². The maximum Gasteiger partial charge on any atom is 0.227 e. The number of halogens is 1. The Morgan fingerprint density at radius 2 is 1.65 bits per heavy atom. The second kappa shape index (κ2) is 13.0. The fourth-order valence-corrected chi connectivity index (χ4v) is 5.55. The van der Waals surface area contributed by atoms with Crippen LogP contribution >= 0.6 is 15.9 Å². The lowest BCUT2D eigenvalue weighted by Crippen LogP contribution is -2.48. The van der Waals surface area contributed by atoms with E-state index in [1.54, 1.807) is 56.6 Å². The van der Waals surface area contributed by atoms with Crippen LogP contribution in [0.4, 0.5) is 5.69 Å². The molecule has 1 fully saturated rings. The lowest BCUT2D eigenvalue weighted by atomic mass is 9.83. The Labute approximate surface area is 242 Å². The summed E-state index contributed by atoms with van der Waals surface area (Å²) in [5.41, 5.74) is 2.25. The van der Waals surface area contributed by atoms with Crippen LogP contribution in [0.15, 0.2) is 59.1 Å². The molecule has 212 valence electrons. The van der Waals surface area contributed by atoms with Crippen LogP contribution in [0.1, 0.15) is 30.0 Å². The maximum absolute atomic E-state index is 13.7. The van der Waals surface area contributed by atoms with Gasteiger partial charge in [0.15, 0.2) is 23.0 Å². The maximum atomic E-state index is 13.7. The van der Waals surface area contributed by atoms with Crippen LogP contribution in [0.2, 0.25) is 0 Å². The number of hydrogen-bond acceptors (Lipinski definition) is 7.